The molecule has 0 unspecified atom stereocenters. The molecule has 0 saturated heterocycles. The van der Waals surface area contributed by atoms with Gasteiger partial charge in [-0.25, -0.2) is 9.97 Å². The van der Waals surface area contributed by atoms with E-state index in [4.69, 9.17) is 4.98 Å². The number of aryl methyl sites for hydroxylation is 2. The van der Waals surface area contributed by atoms with Gasteiger partial charge in [-0.15, -0.1) is 0 Å². The maximum atomic E-state index is 4.83. The summed E-state index contributed by atoms with van der Waals surface area (Å²) in [7, 11) is 0. The van der Waals surface area contributed by atoms with Crippen molar-refractivity contribution < 1.29 is 0 Å². The number of nitrogens with zero attached hydrogens (tertiary/aromatic N) is 5. The second kappa shape index (κ2) is 8.51. The molecule has 0 aliphatic carbocycles. The number of rotatable bonds is 5. The van der Waals surface area contributed by atoms with Crippen LogP contribution in [-0.2, 0) is 6.54 Å². The Hall–Kier alpha value is -4.19. The quantitative estimate of drug-likeness (QED) is 0.413. The zero-order valence-corrected chi connectivity index (χ0v) is 17.9. The molecule has 0 spiro atoms. The van der Waals surface area contributed by atoms with Crippen LogP contribution in [0, 0.1) is 13.8 Å². The molecule has 156 valence electrons. The first-order chi connectivity index (χ1) is 15.7. The predicted molar refractivity (Wildman–Crippen MR) is 127 cm³/mol. The molecule has 32 heavy (non-hydrogen) atoms. The van der Waals surface area contributed by atoms with E-state index in [1.807, 2.05) is 74.9 Å². The molecular formula is C26H22N6. The Kier molecular flexibility index (Phi) is 5.25. The molecule has 5 aromatic rings. The van der Waals surface area contributed by atoms with Crippen LogP contribution in [0.25, 0.3) is 33.4 Å². The van der Waals surface area contributed by atoms with Gasteiger partial charge in [0.1, 0.15) is 5.82 Å². The van der Waals surface area contributed by atoms with E-state index in [0.29, 0.717) is 6.54 Å². The van der Waals surface area contributed by atoms with Crippen molar-refractivity contribution in [1.29, 1.82) is 0 Å². The summed E-state index contributed by atoms with van der Waals surface area (Å²) in [6.45, 7) is 4.59. The molecular weight excluding hydrogens is 396 g/mol. The SMILES string of the molecule is Cc1cc(-c2ccc(CNc3nccc4nc(-c5ccnc(C)c5)ccc34)cn2)ccn1. The average molecular weight is 419 g/mol. The fourth-order valence-corrected chi connectivity index (χ4v) is 3.65. The summed E-state index contributed by atoms with van der Waals surface area (Å²) >= 11 is 0. The summed E-state index contributed by atoms with van der Waals surface area (Å²) < 4.78 is 0. The smallest absolute Gasteiger partial charge is 0.135 e. The normalized spacial score (nSPS) is 10.9. The summed E-state index contributed by atoms with van der Waals surface area (Å²) in [5.74, 6) is 0.807. The second-order valence-electron chi connectivity index (χ2n) is 7.70. The zero-order chi connectivity index (χ0) is 21.9. The Morgan fingerprint density at radius 1 is 0.688 bits per heavy atom. The Balaban J connectivity index is 1.35. The van der Waals surface area contributed by atoms with Gasteiger partial charge in [0.15, 0.2) is 0 Å². The van der Waals surface area contributed by atoms with Crippen LogP contribution in [0.1, 0.15) is 17.0 Å². The largest absolute Gasteiger partial charge is 0.365 e. The van der Waals surface area contributed by atoms with E-state index < -0.39 is 0 Å². The Morgan fingerprint density at radius 2 is 1.38 bits per heavy atom. The molecule has 0 aliphatic heterocycles. The molecule has 5 rings (SSSR count). The molecule has 0 saturated carbocycles. The Labute approximate surface area is 186 Å². The van der Waals surface area contributed by atoms with Gasteiger partial charge in [-0.05, 0) is 67.9 Å². The molecule has 0 fully saturated rings. The van der Waals surface area contributed by atoms with Crippen LogP contribution in [-0.4, -0.2) is 24.9 Å². The number of hydrogen-bond donors (Lipinski definition) is 1. The highest BCUT2D eigenvalue weighted by molar-refractivity contribution is 5.90. The lowest BCUT2D eigenvalue weighted by Crippen LogP contribution is -2.03. The summed E-state index contributed by atoms with van der Waals surface area (Å²) in [5.41, 5.74) is 7.91. The van der Waals surface area contributed by atoms with Crippen molar-refractivity contribution in [3.63, 3.8) is 0 Å². The number of pyridine rings is 5. The van der Waals surface area contributed by atoms with Crippen LogP contribution in [0.3, 0.4) is 0 Å². The van der Waals surface area contributed by atoms with E-state index in [1.54, 1.807) is 6.20 Å². The van der Waals surface area contributed by atoms with Gasteiger partial charge in [-0.1, -0.05) is 6.07 Å². The summed E-state index contributed by atoms with van der Waals surface area (Å²) in [6.07, 6.45) is 7.30. The highest BCUT2D eigenvalue weighted by Gasteiger charge is 2.07. The molecule has 5 heterocycles. The van der Waals surface area contributed by atoms with Crippen LogP contribution in [0.5, 0.6) is 0 Å². The fraction of sp³-hybridized carbons (Fsp3) is 0.115. The van der Waals surface area contributed by atoms with Crippen molar-refractivity contribution in [2.24, 2.45) is 0 Å². The molecule has 0 radical (unpaired) electrons. The van der Waals surface area contributed by atoms with Crippen molar-refractivity contribution in [3.8, 4) is 22.5 Å². The summed E-state index contributed by atoms with van der Waals surface area (Å²) in [4.78, 5) is 22.5. The molecule has 0 bridgehead atoms. The highest BCUT2D eigenvalue weighted by atomic mass is 15.0. The third-order valence-electron chi connectivity index (χ3n) is 5.29. The van der Waals surface area contributed by atoms with E-state index in [0.717, 1.165) is 56.2 Å². The maximum absolute atomic E-state index is 4.83. The lowest BCUT2D eigenvalue weighted by atomic mass is 10.1. The van der Waals surface area contributed by atoms with Crippen molar-refractivity contribution in [2.45, 2.75) is 20.4 Å². The number of anilines is 1. The number of hydrogen-bond acceptors (Lipinski definition) is 6. The first-order valence-corrected chi connectivity index (χ1v) is 10.5. The van der Waals surface area contributed by atoms with Gasteiger partial charge < -0.3 is 5.32 Å². The third kappa shape index (κ3) is 4.16. The van der Waals surface area contributed by atoms with Gasteiger partial charge in [0, 0.05) is 59.2 Å². The molecule has 6 nitrogen and oxygen atoms in total. The lowest BCUT2D eigenvalue weighted by molar-refractivity contribution is 1.09. The van der Waals surface area contributed by atoms with E-state index in [9.17, 15) is 0 Å². The predicted octanol–water partition coefficient (Wildman–Crippen LogP) is 5.38. The first-order valence-electron chi connectivity index (χ1n) is 10.5. The van der Waals surface area contributed by atoms with Crippen molar-refractivity contribution in [1.82, 2.24) is 24.9 Å². The maximum Gasteiger partial charge on any atom is 0.135 e. The fourth-order valence-electron chi connectivity index (χ4n) is 3.65. The summed E-state index contributed by atoms with van der Waals surface area (Å²) in [5, 5.41) is 4.41. The monoisotopic (exact) mass is 418 g/mol. The van der Waals surface area contributed by atoms with Gasteiger partial charge in [0.05, 0.1) is 16.9 Å². The molecule has 0 atom stereocenters. The topological polar surface area (TPSA) is 76.5 Å². The van der Waals surface area contributed by atoms with Gasteiger partial charge in [0.2, 0.25) is 0 Å². The number of nitrogens with one attached hydrogen (secondary N) is 1. The minimum Gasteiger partial charge on any atom is -0.365 e. The van der Waals surface area contributed by atoms with E-state index in [-0.39, 0.29) is 0 Å². The molecule has 1 N–H and O–H groups in total. The number of aromatic nitrogens is 5. The molecule has 6 heteroatoms. The van der Waals surface area contributed by atoms with Gasteiger partial charge >= 0.3 is 0 Å². The van der Waals surface area contributed by atoms with Crippen LogP contribution in [0.15, 0.2) is 79.4 Å². The molecule has 0 amide bonds. The van der Waals surface area contributed by atoms with Crippen LogP contribution in [0.2, 0.25) is 0 Å². The molecule has 0 aromatic carbocycles. The van der Waals surface area contributed by atoms with Gasteiger partial charge in [0.25, 0.3) is 0 Å². The second-order valence-corrected chi connectivity index (χ2v) is 7.70. The molecule has 5 aromatic heterocycles. The Bertz CT molecular complexity index is 1400. The van der Waals surface area contributed by atoms with Crippen molar-refractivity contribution >= 4 is 16.7 Å². The third-order valence-corrected chi connectivity index (χ3v) is 5.29. The standard InChI is InChI=1S/C26H22N6/c1-17-13-20(7-10-27-17)23-5-3-19(15-30-23)16-31-26-22-4-6-24(32-25(22)9-12-29-26)21-8-11-28-18(2)14-21/h3-15H,16H2,1-2H3,(H,29,31). The lowest BCUT2D eigenvalue weighted by Gasteiger charge is -2.10. The van der Waals surface area contributed by atoms with Crippen LogP contribution >= 0.6 is 0 Å². The minimum absolute atomic E-state index is 0.625. The van der Waals surface area contributed by atoms with E-state index >= 15 is 0 Å². The average Bonchev–Trinajstić information content (AvgIpc) is 2.82. The van der Waals surface area contributed by atoms with Gasteiger partial charge in [-0.2, -0.15) is 0 Å². The molecule has 0 aliphatic rings. The highest BCUT2D eigenvalue weighted by Crippen LogP contribution is 2.25. The van der Waals surface area contributed by atoms with E-state index in [1.165, 1.54) is 0 Å². The van der Waals surface area contributed by atoms with Gasteiger partial charge in [-0.3, -0.25) is 15.0 Å². The van der Waals surface area contributed by atoms with Crippen LogP contribution < -0.4 is 5.32 Å². The Morgan fingerprint density at radius 3 is 2.06 bits per heavy atom. The summed E-state index contributed by atoms with van der Waals surface area (Å²) in [6, 6.07) is 18.2. The number of fused-ring (bicyclic) bond motifs is 1. The zero-order valence-electron chi connectivity index (χ0n) is 17.9. The minimum atomic E-state index is 0.625. The van der Waals surface area contributed by atoms with Crippen molar-refractivity contribution in [3.05, 3.63) is 96.3 Å². The van der Waals surface area contributed by atoms with Crippen molar-refractivity contribution in [2.75, 3.05) is 5.32 Å². The first kappa shape index (κ1) is 19.8. The van der Waals surface area contributed by atoms with E-state index in [2.05, 4.69) is 37.4 Å². The van der Waals surface area contributed by atoms with Crippen LogP contribution in [0.4, 0.5) is 5.82 Å².